The first-order chi connectivity index (χ1) is 5.79. The molecule has 1 heterocycles. The third kappa shape index (κ3) is 1.15. The average Bonchev–Trinajstić information content (AvgIpc) is 2.64. The topological polar surface area (TPSA) is 17.8 Å². The van der Waals surface area contributed by atoms with Crippen molar-refractivity contribution < 1.29 is 0 Å². The summed E-state index contributed by atoms with van der Waals surface area (Å²) >= 11 is 0. The lowest BCUT2D eigenvalue weighted by atomic mass is 10.1. The van der Waals surface area contributed by atoms with E-state index in [9.17, 15) is 0 Å². The predicted octanol–water partition coefficient (Wildman–Crippen LogP) is 2.39. The molecule has 1 aliphatic carbocycles. The molecule has 0 radical (unpaired) electrons. The van der Waals surface area contributed by atoms with E-state index in [1.165, 1.54) is 31.4 Å². The van der Waals surface area contributed by atoms with E-state index in [0.717, 1.165) is 11.7 Å². The molecule has 0 amide bonds. The van der Waals surface area contributed by atoms with Gasteiger partial charge >= 0.3 is 0 Å². The van der Waals surface area contributed by atoms with Crippen molar-refractivity contribution in [1.29, 1.82) is 0 Å². The van der Waals surface area contributed by atoms with E-state index in [0.29, 0.717) is 0 Å². The number of aryl methyl sites for hydroxylation is 1. The van der Waals surface area contributed by atoms with Crippen LogP contribution in [-0.4, -0.2) is 9.55 Å². The number of aromatic nitrogens is 2. The van der Waals surface area contributed by atoms with Crippen LogP contribution in [0.1, 0.15) is 43.1 Å². The van der Waals surface area contributed by atoms with Crippen molar-refractivity contribution in [2.75, 3.05) is 0 Å². The van der Waals surface area contributed by atoms with E-state index in [2.05, 4.69) is 23.5 Å². The van der Waals surface area contributed by atoms with Gasteiger partial charge in [0.05, 0.1) is 0 Å². The molecule has 2 heteroatoms. The van der Waals surface area contributed by atoms with Gasteiger partial charge in [0, 0.05) is 24.9 Å². The van der Waals surface area contributed by atoms with Crippen LogP contribution in [-0.2, 0) is 7.05 Å². The van der Waals surface area contributed by atoms with Gasteiger partial charge in [-0.2, -0.15) is 0 Å². The first kappa shape index (κ1) is 7.84. The molecule has 2 rings (SSSR count). The molecule has 0 spiro atoms. The van der Waals surface area contributed by atoms with E-state index in [-0.39, 0.29) is 0 Å². The molecular weight excluding hydrogens is 148 g/mol. The second kappa shape index (κ2) is 2.92. The van der Waals surface area contributed by atoms with Crippen LogP contribution < -0.4 is 0 Å². The first-order valence-electron chi connectivity index (χ1n) is 4.77. The summed E-state index contributed by atoms with van der Waals surface area (Å²) in [6, 6.07) is 0. The van der Waals surface area contributed by atoms with Crippen molar-refractivity contribution in [3.05, 3.63) is 17.7 Å². The third-order valence-corrected chi connectivity index (χ3v) is 3.03. The summed E-state index contributed by atoms with van der Waals surface area (Å²) < 4.78 is 2.23. The Labute approximate surface area is 73.6 Å². The zero-order valence-electron chi connectivity index (χ0n) is 7.88. The largest absolute Gasteiger partial charge is 0.335 e. The lowest BCUT2D eigenvalue weighted by molar-refractivity contribution is 0.649. The molecule has 1 aromatic rings. The maximum atomic E-state index is 4.32. The minimum Gasteiger partial charge on any atom is -0.335 e. The SMILES string of the molecule is Cc1ncc(C2CCCC2)n1C. The molecule has 66 valence electrons. The van der Waals surface area contributed by atoms with Crippen molar-refractivity contribution in [2.45, 2.75) is 38.5 Å². The summed E-state index contributed by atoms with van der Waals surface area (Å²) in [6.45, 7) is 2.07. The highest BCUT2D eigenvalue weighted by Crippen LogP contribution is 2.33. The van der Waals surface area contributed by atoms with Crippen molar-refractivity contribution in [1.82, 2.24) is 9.55 Å². The van der Waals surface area contributed by atoms with Crippen LogP contribution in [0.25, 0.3) is 0 Å². The summed E-state index contributed by atoms with van der Waals surface area (Å²) in [5.41, 5.74) is 1.44. The number of imidazole rings is 1. The van der Waals surface area contributed by atoms with Crippen LogP contribution in [0.4, 0.5) is 0 Å². The molecule has 2 nitrogen and oxygen atoms in total. The van der Waals surface area contributed by atoms with E-state index < -0.39 is 0 Å². The lowest BCUT2D eigenvalue weighted by Crippen LogP contribution is -2.02. The highest BCUT2D eigenvalue weighted by molar-refractivity contribution is 5.10. The molecule has 0 bridgehead atoms. The van der Waals surface area contributed by atoms with Crippen LogP contribution in [0.15, 0.2) is 6.20 Å². The van der Waals surface area contributed by atoms with Crippen molar-refractivity contribution >= 4 is 0 Å². The van der Waals surface area contributed by atoms with Crippen LogP contribution in [0.5, 0.6) is 0 Å². The van der Waals surface area contributed by atoms with E-state index in [1.54, 1.807) is 0 Å². The van der Waals surface area contributed by atoms with Gasteiger partial charge in [0.15, 0.2) is 0 Å². The Hall–Kier alpha value is -0.790. The Kier molecular flexibility index (Phi) is 1.91. The molecule has 12 heavy (non-hydrogen) atoms. The van der Waals surface area contributed by atoms with Crippen molar-refractivity contribution in [3.8, 4) is 0 Å². The summed E-state index contributed by atoms with van der Waals surface area (Å²) in [6.07, 6.45) is 7.56. The minimum absolute atomic E-state index is 0.788. The average molecular weight is 164 g/mol. The normalized spacial score (nSPS) is 18.8. The van der Waals surface area contributed by atoms with Crippen molar-refractivity contribution in [3.63, 3.8) is 0 Å². The molecule has 1 aliphatic rings. The number of rotatable bonds is 1. The molecule has 0 aromatic carbocycles. The zero-order chi connectivity index (χ0) is 8.55. The molecule has 0 unspecified atom stereocenters. The standard InChI is InChI=1S/C10H16N2/c1-8-11-7-10(12(8)2)9-5-3-4-6-9/h7,9H,3-6H2,1-2H3. The fourth-order valence-electron chi connectivity index (χ4n) is 2.12. The molecule has 1 aromatic heterocycles. The third-order valence-electron chi connectivity index (χ3n) is 3.03. The summed E-state index contributed by atoms with van der Waals surface area (Å²) in [4.78, 5) is 4.32. The van der Waals surface area contributed by atoms with Crippen molar-refractivity contribution in [2.24, 2.45) is 7.05 Å². The molecule has 0 saturated heterocycles. The van der Waals surface area contributed by atoms with Gasteiger partial charge in [-0.15, -0.1) is 0 Å². The quantitative estimate of drug-likeness (QED) is 0.623. The molecular formula is C10H16N2. The van der Waals surface area contributed by atoms with E-state index in [4.69, 9.17) is 0 Å². The Bertz CT molecular complexity index is 269. The summed E-state index contributed by atoms with van der Waals surface area (Å²) in [5.74, 6) is 1.92. The van der Waals surface area contributed by atoms with Gasteiger partial charge in [-0.3, -0.25) is 0 Å². The fourth-order valence-corrected chi connectivity index (χ4v) is 2.12. The highest BCUT2D eigenvalue weighted by atomic mass is 15.1. The van der Waals surface area contributed by atoms with Gasteiger partial charge in [-0.1, -0.05) is 12.8 Å². The molecule has 0 atom stereocenters. The van der Waals surface area contributed by atoms with Gasteiger partial charge in [0.2, 0.25) is 0 Å². The second-order valence-corrected chi connectivity index (χ2v) is 3.77. The Morgan fingerprint density at radius 3 is 2.58 bits per heavy atom. The van der Waals surface area contributed by atoms with Crippen LogP contribution in [0.3, 0.4) is 0 Å². The Balaban J connectivity index is 2.26. The number of hydrogen-bond acceptors (Lipinski definition) is 1. The van der Waals surface area contributed by atoms with Crippen LogP contribution >= 0.6 is 0 Å². The van der Waals surface area contributed by atoms with Gasteiger partial charge in [0.25, 0.3) is 0 Å². The highest BCUT2D eigenvalue weighted by Gasteiger charge is 2.20. The van der Waals surface area contributed by atoms with Crippen LogP contribution in [0.2, 0.25) is 0 Å². The summed E-state index contributed by atoms with van der Waals surface area (Å²) in [7, 11) is 2.12. The second-order valence-electron chi connectivity index (χ2n) is 3.77. The lowest BCUT2D eigenvalue weighted by Gasteiger charge is -2.09. The molecule has 1 fully saturated rings. The van der Waals surface area contributed by atoms with Gasteiger partial charge in [0.1, 0.15) is 5.82 Å². The van der Waals surface area contributed by atoms with Gasteiger partial charge < -0.3 is 4.57 Å². The first-order valence-corrected chi connectivity index (χ1v) is 4.77. The molecule has 0 aliphatic heterocycles. The maximum Gasteiger partial charge on any atom is 0.105 e. The number of nitrogens with zero attached hydrogens (tertiary/aromatic N) is 2. The number of hydrogen-bond donors (Lipinski definition) is 0. The minimum atomic E-state index is 0.788. The van der Waals surface area contributed by atoms with E-state index >= 15 is 0 Å². The van der Waals surface area contributed by atoms with Crippen LogP contribution in [0, 0.1) is 6.92 Å². The zero-order valence-corrected chi connectivity index (χ0v) is 7.88. The molecule has 1 saturated carbocycles. The smallest absolute Gasteiger partial charge is 0.105 e. The maximum absolute atomic E-state index is 4.32. The molecule has 0 N–H and O–H groups in total. The fraction of sp³-hybridized carbons (Fsp3) is 0.700. The van der Waals surface area contributed by atoms with Gasteiger partial charge in [-0.25, -0.2) is 4.98 Å². The Morgan fingerprint density at radius 1 is 1.42 bits per heavy atom. The predicted molar refractivity (Wildman–Crippen MR) is 49.2 cm³/mol. The summed E-state index contributed by atoms with van der Waals surface area (Å²) in [5, 5.41) is 0. The Morgan fingerprint density at radius 2 is 2.08 bits per heavy atom. The monoisotopic (exact) mass is 164 g/mol. The van der Waals surface area contributed by atoms with Gasteiger partial charge in [-0.05, 0) is 19.8 Å². The van der Waals surface area contributed by atoms with E-state index in [1.807, 2.05) is 6.20 Å².